The Bertz CT molecular complexity index is 529. The zero-order chi connectivity index (χ0) is 14.8. The third kappa shape index (κ3) is 3.46. The fourth-order valence-corrected chi connectivity index (χ4v) is 2.91. The highest BCUT2D eigenvalue weighted by Crippen LogP contribution is 2.33. The molecule has 1 N–H and O–H groups in total. The molecule has 1 aliphatic heterocycles. The fraction of sp³-hybridized carbons (Fsp3) is 0.533. The van der Waals surface area contributed by atoms with Gasteiger partial charge < -0.3 is 10.1 Å². The van der Waals surface area contributed by atoms with Crippen LogP contribution in [0, 0.1) is 17.2 Å². The summed E-state index contributed by atoms with van der Waals surface area (Å²) in [6.07, 6.45) is 1.50. The smallest absolute Gasteiger partial charge is 0.130 e. The van der Waals surface area contributed by atoms with Gasteiger partial charge in [-0.2, -0.15) is 5.26 Å². The Labute approximate surface area is 133 Å². The van der Waals surface area contributed by atoms with E-state index in [9.17, 15) is 5.26 Å². The number of ether oxygens (including phenoxy) is 1. The molecule has 1 aliphatic rings. The van der Waals surface area contributed by atoms with Crippen molar-refractivity contribution in [3.63, 3.8) is 0 Å². The Morgan fingerprint density at radius 3 is 2.90 bits per heavy atom. The van der Waals surface area contributed by atoms with Gasteiger partial charge in [0.05, 0.1) is 23.8 Å². The van der Waals surface area contributed by atoms with Crippen LogP contribution >= 0.6 is 27.5 Å². The minimum Gasteiger partial charge on any atom is -0.378 e. The molecule has 0 spiro atoms. The van der Waals surface area contributed by atoms with Gasteiger partial charge in [-0.3, -0.25) is 0 Å². The SMILES string of the molecule is CC(C)C1CC(C#N)(Nc2ccc(Cl)c(Br)c2)CCO1. The second kappa shape index (κ2) is 6.34. The summed E-state index contributed by atoms with van der Waals surface area (Å²) in [5.41, 5.74) is 0.327. The van der Waals surface area contributed by atoms with Crippen LogP contribution in [-0.4, -0.2) is 18.2 Å². The van der Waals surface area contributed by atoms with E-state index in [1.807, 2.05) is 18.2 Å². The first-order valence-electron chi connectivity index (χ1n) is 6.72. The zero-order valence-electron chi connectivity index (χ0n) is 11.6. The number of benzene rings is 1. The summed E-state index contributed by atoms with van der Waals surface area (Å²) in [5, 5.41) is 13.6. The molecule has 0 radical (unpaired) electrons. The van der Waals surface area contributed by atoms with Crippen molar-refractivity contribution in [3.05, 3.63) is 27.7 Å². The summed E-state index contributed by atoms with van der Waals surface area (Å²) in [5.74, 6) is 0.404. The van der Waals surface area contributed by atoms with Crippen LogP contribution in [0.15, 0.2) is 22.7 Å². The second-order valence-corrected chi connectivity index (χ2v) is 6.82. The maximum absolute atomic E-state index is 9.62. The average molecular weight is 358 g/mol. The second-order valence-electron chi connectivity index (χ2n) is 5.56. The Hall–Kier alpha value is -0.760. The van der Waals surface area contributed by atoms with E-state index in [0.29, 0.717) is 30.4 Å². The van der Waals surface area contributed by atoms with Crippen molar-refractivity contribution in [3.8, 4) is 6.07 Å². The molecule has 1 fully saturated rings. The minimum atomic E-state index is -0.569. The predicted molar refractivity (Wildman–Crippen MR) is 84.9 cm³/mol. The highest BCUT2D eigenvalue weighted by atomic mass is 79.9. The van der Waals surface area contributed by atoms with Crippen molar-refractivity contribution in [1.82, 2.24) is 0 Å². The van der Waals surface area contributed by atoms with Gasteiger partial charge in [-0.25, -0.2) is 0 Å². The maximum atomic E-state index is 9.62. The van der Waals surface area contributed by atoms with Crippen LogP contribution in [-0.2, 0) is 4.74 Å². The molecule has 0 saturated carbocycles. The lowest BCUT2D eigenvalue weighted by molar-refractivity contribution is -0.0272. The van der Waals surface area contributed by atoms with Gasteiger partial charge in [0.15, 0.2) is 0 Å². The molecule has 2 atom stereocenters. The van der Waals surface area contributed by atoms with Crippen molar-refractivity contribution in [2.24, 2.45) is 5.92 Å². The summed E-state index contributed by atoms with van der Waals surface area (Å²) < 4.78 is 6.58. The topological polar surface area (TPSA) is 45.0 Å². The summed E-state index contributed by atoms with van der Waals surface area (Å²) in [7, 11) is 0. The predicted octanol–water partition coefficient (Wildman–Crippen LogP) is 4.61. The number of hydrogen-bond donors (Lipinski definition) is 1. The van der Waals surface area contributed by atoms with Crippen LogP contribution in [0.4, 0.5) is 5.69 Å². The van der Waals surface area contributed by atoms with Gasteiger partial charge in [-0.05, 0) is 40.0 Å². The standard InChI is InChI=1S/C15H18BrClN2O/c1-10(2)14-8-15(9-18,5-6-20-14)19-11-3-4-13(17)12(16)7-11/h3-4,7,10,14,19H,5-6,8H2,1-2H3. The number of anilines is 1. The van der Waals surface area contributed by atoms with Crippen LogP contribution in [0.2, 0.25) is 5.02 Å². The Morgan fingerprint density at radius 1 is 1.55 bits per heavy atom. The Kier molecular flexibility index (Phi) is 4.95. The van der Waals surface area contributed by atoms with Crippen LogP contribution in [0.3, 0.4) is 0 Å². The molecule has 5 heteroatoms. The van der Waals surface area contributed by atoms with E-state index in [-0.39, 0.29) is 6.10 Å². The molecule has 2 rings (SSSR count). The fourth-order valence-electron chi connectivity index (χ4n) is 2.41. The first-order valence-corrected chi connectivity index (χ1v) is 7.89. The minimum absolute atomic E-state index is 0.117. The van der Waals surface area contributed by atoms with Crippen molar-refractivity contribution in [1.29, 1.82) is 5.26 Å². The largest absolute Gasteiger partial charge is 0.378 e. The maximum Gasteiger partial charge on any atom is 0.130 e. The molecule has 0 amide bonds. The summed E-state index contributed by atoms with van der Waals surface area (Å²) in [6.45, 7) is 4.85. The molecular formula is C15H18BrClN2O. The number of nitriles is 1. The van der Waals surface area contributed by atoms with Crippen LogP contribution < -0.4 is 5.32 Å². The van der Waals surface area contributed by atoms with Gasteiger partial charge in [0.2, 0.25) is 0 Å². The van der Waals surface area contributed by atoms with E-state index in [4.69, 9.17) is 16.3 Å². The molecule has 1 heterocycles. The first kappa shape index (κ1) is 15.6. The first-order chi connectivity index (χ1) is 9.46. The van der Waals surface area contributed by atoms with Gasteiger partial charge in [0, 0.05) is 23.0 Å². The van der Waals surface area contributed by atoms with Crippen molar-refractivity contribution < 1.29 is 4.74 Å². The Morgan fingerprint density at radius 2 is 2.30 bits per heavy atom. The summed E-state index contributed by atoms with van der Waals surface area (Å²) >= 11 is 9.40. The van der Waals surface area contributed by atoms with E-state index < -0.39 is 5.54 Å². The highest BCUT2D eigenvalue weighted by Gasteiger charge is 2.38. The van der Waals surface area contributed by atoms with E-state index in [2.05, 4.69) is 41.2 Å². The highest BCUT2D eigenvalue weighted by molar-refractivity contribution is 9.10. The molecule has 1 saturated heterocycles. The third-order valence-electron chi connectivity index (χ3n) is 3.67. The molecule has 0 aromatic heterocycles. The van der Waals surface area contributed by atoms with E-state index in [0.717, 1.165) is 10.2 Å². The lowest BCUT2D eigenvalue weighted by Crippen LogP contribution is -2.47. The molecular weight excluding hydrogens is 340 g/mol. The monoisotopic (exact) mass is 356 g/mol. The number of nitrogens with zero attached hydrogens (tertiary/aromatic N) is 1. The van der Waals surface area contributed by atoms with Gasteiger partial charge in [0.1, 0.15) is 5.54 Å². The molecule has 3 nitrogen and oxygen atoms in total. The summed E-state index contributed by atoms with van der Waals surface area (Å²) in [4.78, 5) is 0. The normalized spacial score (nSPS) is 26.3. The van der Waals surface area contributed by atoms with E-state index in [1.165, 1.54) is 0 Å². The van der Waals surface area contributed by atoms with Gasteiger partial charge >= 0.3 is 0 Å². The van der Waals surface area contributed by atoms with Crippen LogP contribution in [0.1, 0.15) is 26.7 Å². The Balaban J connectivity index is 2.19. The third-order valence-corrected chi connectivity index (χ3v) is 4.89. The lowest BCUT2D eigenvalue weighted by Gasteiger charge is -2.38. The van der Waals surface area contributed by atoms with Gasteiger partial charge in [-0.1, -0.05) is 25.4 Å². The van der Waals surface area contributed by atoms with Crippen molar-refractivity contribution in [2.45, 2.75) is 38.3 Å². The van der Waals surface area contributed by atoms with Crippen LogP contribution in [0.25, 0.3) is 0 Å². The summed E-state index contributed by atoms with van der Waals surface area (Å²) in [6, 6.07) is 8.06. The molecule has 0 aliphatic carbocycles. The van der Waals surface area contributed by atoms with Gasteiger partial charge in [0.25, 0.3) is 0 Å². The molecule has 2 unspecified atom stereocenters. The van der Waals surface area contributed by atoms with Crippen molar-refractivity contribution in [2.75, 3.05) is 11.9 Å². The number of nitrogens with one attached hydrogen (secondary N) is 1. The average Bonchev–Trinajstić information content (AvgIpc) is 2.43. The zero-order valence-corrected chi connectivity index (χ0v) is 14.0. The lowest BCUT2D eigenvalue weighted by atomic mass is 9.84. The molecule has 0 bridgehead atoms. The number of halogens is 2. The van der Waals surface area contributed by atoms with Crippen molar-refractivity contribution >= 4 is 33.2 Å². The van der Waals surface area contributed by atoms with Crippen LogP contribution in [0.5, 0.6) is 0 Å². The van der Waals surface area contributed by atoms with Gasteiger partial charge in [-0.15, -0.1) is 0 Å². The molecule has 1 aromatic rings. The molecule has 1 aromatic carbocycles. The van der Waals surface area contributed by atoms with E-state index in [1.54, 1.807) is 0 Å². The van der Waals surface area contributed by atoms with E-state index >= 15 is 0 Å². The quantitative estimate of drug-likeness (QED) is 0.859. The molecule has 108 valence electrons. The molecule has 20 heavy (non-hydrogen) atoms. The number of hydrogen-bond acceptors (Lipinski definition) is 3. The number of rotatable bonds is 3.